The van der Waals surface area contributed by atoms with E-state index < -0.39 is 0 Å². The number of nitrogens with one attached hydrogen (secondary N) is 1. The second-order valence-electron chi connectivity index (χ2n) is 4.86. The van der Waals surface area contributed by atoms with Gasteiger partial charge in [-0.2, -0.15) is 0 Å². The number of ether oxygens (including phenoxy) is 1. The summed E-state index contributed by atoms with van der Waals surface area (Å²) in [7, 11) is 1.92. The summed E-state index contributed by atoms with van der Waals surface area (Å²) in [6, 6.07) is 5.28. The Morgan fingerprint density at radius 2 is 2.11 bits per heavy atom. The summed E-state index contributed by atoms with van der Waals surface area (Å²) >= 11 is 3.32. The Balaban J connectivity index is 2.95. The highest BCUT2D eigenvalue weighted by atomic mass is 79.9. The summed E-state index contributed by atoms with van der Waals surface area (Å²) in [6.45, 7) is 6.89. The molecule has 0 saturated carbocycles. The lowest BCUT2D eigenvalue weighted by Gasteiger charge is -2.37. The van der Waals surface area contributed by atoms with Crippen molar-refractivity contribution < 1.29 is 9.13 Å². The van der Waals surface area contributed by atoms with Crippen LogP contribution in [0, 0.1) is 5.82 Å². The normalized spacial score (nSPS) is 16.1. The molecular formula is C15H23BrFNO. The van der Waals surface area contributed by atoms with Crippen molar-refractivity contribution in [3.05, 3.63) is 34.1 Å². The lowest BCUT2D eigenvalue weighted by Crippen LogP contribution is -2.50. The fraction of sp³-hybridized carbons (Fsp3) is 0.600. The van der Waals surface area contributed by atoms with Crippen LogP contribution >= 0.6 is 15.9 Å². The first kappa shape index (κ1) is 16.6. The van der Waals surface area contributed by atoms with Crippen LogP contribution in [0.25, 0.3) is 0 Å². The number of hydrogen-bond acceptors (Lipinski definition) is 2. The van der Waals surface area contributed by atoms with Crippen molar-refractivity contribution in [2.24, 2.45) is 0 Å². The van der Waals surface area contributed by atoms with Gasteiger partial charge in [-0.3, -0.25) is 0 Å². The van der Waals surface area contributed by atoms with Gasteiger partial charge in [-0.05, 0) is 61.3 Å². The molecule has 2 nitrogen and oxygen atoms in total. The van der Waals surface area contributed by atoms with Crippen LogP contribution in [0.2, 0.25) is 0 Å². The van der Waals surface area contributed by atoms with Gasteiger partial charge in [-0.15, -0.1) is 0 Å². The van der Waals surface area contributed by atoms with Crippen molar-refractivity contribution in [3.63, 3.8) is 0 Å². The molecule has 19 heavy (non-hydrogen) atoms. The van der Waals surface area contributed by atoms with E-state index in [4.69, 9.17) is 4.74 Å². The van der Waals surface area contributed by atoms with Crippen LogP contribution in [0.4, 0.5) is 4.39 Å². The average molecular weight is 332 g/mol. The number of rotatable bonds is 7. The zero-order valence-corrected chi connectivity index (χ0v) is 13.7. The molecule has 0 fully saturated rings. The summed E-state index contributed by atoms with van der Waals surface area (Å²) in [6.07, 6.45) is 1.62. The van der Waals surface area contributed by atoms with Crippen molar-refractivity contribution in [3.8, 4) is 0 Å². The Morgan fingerprint density at radius 3 is 2.63 bits per heavy atom. The molecule has 0 spiro atoms. The highest BCUT2D eigenvalue weighted by Crippen LogP contribution is 2.27. The highest BCUT2D eigenvalue weighted by molar-refractivity contribution is 9.10. The SMILES string of the molecule is CCOC(C)(CC)C(Cc1cccc(F)c1Br)NC. The fourth-order valence-electron chi connectivity index (χ4n) is 2.33. The average Bonchev–Trinajstić information content (AvgIpc) is 2.40. The van der Waals surface area contributed by atoms with Crippen molar-refractivity contribution >= 4 is 15.9 Å². The van der Waals surface area contributed by atoms with Gasteiger partial charge in [0.05, 0.1) is 10.1 Å². The highest BCUT2D eigenvalue weighted by Gasteiger charge is 2.32. The molecule has 2 atom stereocenters. The van der Waals surface area contributed by atoms with Crippen LogP contribution in [0.1, 0.15) is 32.8 Å². The van der Waals surface area contributed by atoms with Gasteiger partial charge in [0.15, 0.2) is 0 Å². The predicted octanol–water partition coefficient (Wildman–Crippen LogP) is 3.92. The van der Waals surface area contributed by atoms with Crippen LogP contribution in [-0.2, 0) is 11.2 Å². The van der Waals surface area contributed by atoms with Crippen LogP contribution < -0.4 is 5.32 Å². The van der Waals surface area contributed by atoms with Gasteiger partial charge in [-0.25, -0.2) is 4.39 Å². The summed E-state index contributed by atoms with van der Waals surface area (Å²) < 4.78 is 20.0. The first-order valence-electron chi connectivity index (χ1n) is 6.72. The summed E-state index contributed by atoms with van der Waals surface area (Å²) in [5.41, 5.74) is 0.702. The van der Waals surface area contributed by atoms with E-state index in [0.717, 1.165) is 18.4 Å². The van der Waals surface area contributed by atoms with E-state index in [0.29, 0.717) is 11.1 Å². The molecular weight excluding hydrogens is 309 g/mol. The number of halogens is 2. The van der Waals surface area contributed by atoms with Gasteiger partial charge in [-0.1, -0.05) is 19.1 Å². The third-order valence-electron chi connectivity index (χ3n) is 3.72. The Hall–Kier alpha value is -0.450. The van der Waals surface area contributed by atoms with Crippen LogP contribution in [0.5, 0.6) is 0 Å². The van der Waals surface area contributed by atoms with E-state index in [-0.39, 0.29) is 17.5 Å². The third-order valence-corrected chi connectivity index (χ3v) is 4.61. The minimum Gasteiger partial charge on any atom is -0.374 e. The minimum absolute atomic E-state index is 0.135. The zero-order chi connectivity index (χ0) is 14.5. The van der Waals surface area contributed by atoms with Gasteiger partial charge in [0, 0.05) is 12.6 Å². The maximum absolute atomic E-state index is 13.6. The van der Waals surface area contributed by atoms with Crippen LogP contribution in [-0.4, -0.2) is 25.3 Å². The number of hydrogen-bond donors (Lipinski definition) is 1. The molecule has 0 heterocycles. The molecule has 1 aromatic carbocycles. The Bertz CT molecular complexity index is 413. The molecule has 0 aromatic heterocycles. The van der Waals surface area contributed by atoms with E-state index in [1.54, 1.807) is 6.07 Å². The molecule has 2 unspecified atom stereocenters. The van der Waals surface area contributed by atoms with Crippen molar-refractivity contribution in [2.45, 2.75) is 45.3 Å². The van der Waals surface area contributed by atoms with Gasteiger partial charge in [0.2, 0.25) is 0 Å². The molecule has 108 valence electrons. The Labute approximate surface area is 123 Å². The van der Waals surface area contributed by atoms with E-state index in [2.05, 4.69) is 35.1 Å². The topological polar surface area (TPSA) is 21.3 Å². The Morgan fingerprint density at radius 1 is 1.42 bits per heavy atom. The van der Waals surface area contributed by atoms with Gasteiger partial charge in [0.25, 0.3) is 0 Å². The fourth-order valence-corrected chi connectivity index (χ4v) is 2.75. The lowest BCUT2D eigenvalue weighted by molar-refractivity contribution is -0.0534. The second-order valence-corrected chi connectivity index (χ2v) is 5.65. The molecule has 0 bridgehead atoms. The van der Waals surface area contributed by atoms with Crippen LogP contribution in [0.3, 0.4) is 0 Å². The molecule has 0 amide bonds. The van der Waals surface area contributed by atoms with E-state index in [1.165, 1.54) is 6.07 Å². The first-order chi connectivity index (χ1) is 8.98. The quantitative estimate of drug-likeness (QED) is 0.817. The summed E-state index contributed by atoms with van der Waals surface area (Å²) in [5, 5.41) is 3.31. The van der Waals surface area contributed by atoms with Crippen molar-refractivity contribution in [1.29, 1.82) is 0 Å². The molecule has 0 saturated heterocycles. The van der Waals surface area contributed by atoms with Crippen molar-refractivity contribution in [2.75, 3.05) is 13.7 Å². The van der Waals surface area contributed by atoms with Gasteiger partial charge in [0.1, 0.15) is 5.82 Å². The van der Waals surface area contributed by atoms with Gasteiger partial charge >= 0.3 is 0 Å². The van der Waals surface area contributed by atoms with E-state index in [9.17, 15) is 4.39 Å². The monoisotopic (exact) mass is 331 g/mol. The number of likely N-dealkylation sites (N-methyl/N-ethyl adjacent to an activating group) is 1. The molecule has 0 aliphatic carbocycles. The maximum Gasteiger partial charge on any atom is 0.137 e. The third kappa shape index (κ3) is 4.01. The van der Waals surface area contributed by atoms with Gasteiger partial charge < -0.3 is 10.1 Å². The lowest BCUT2D eigenvalue weighted by atomic mass is 9.88. The smallest absolute Gasteiger partial charge is 0.137 e. The summed E-state index contributed by atoms with van der Waals surface area (Å²) in [5.74, 6) is -0.220. The molecule has 1 aromatic rings. The molecule has 0 aliphatic rings. The Kier molecular flexibility index (Phi) is 6.43. The van der Waals surface area contributed by atoms with Crippen LogP contribution in [0.15, 0.2) is 22.7 Å². The number of benzene rings is 1. The first-order valence-corrected chi connectivity index (χ1v) is 7.51. The summed E-state index contributed by atoms with van der Waals surface area (Å²) in [4.78, 5) is 0. The zero-order valence-electron chi connectivity index (χ0n) is 12.1. The standard InChI is InChI=1S/C15H23BrFNO/c1-5-15(3,19-6-2)13(18-4)10-11-8-7-9-12(17)14(11)16/h7-9,13,18H,5-6,10H2,1-4H3. The molecule has 4 heteroatoms. The molecule has 1 rings (SSSR count). The minimum atomic E-state index is -0.255. The molecule has 0 aliphatic heterocycles. The second kappa shape index (κ2) is 7.36. The van der Waals surface area contributed by atoms with Crippen molar-refractivity contribution in [1.82, 2.24) is 5.32 Å². The molecule has 1 N–H and O–H groups in total. The maximum atomic E-state index is 13.6. The predicted molar refractivity (Wildman–Crippen MR) is 81.0 cm³/mol. The molecule has 0 radical (unpaired) electrons. The van der Waals surface area contributed by atoms with E-state index in [1.807, 2.05) is 20.0 Å². The largest absolute Gasteiger partial charge is 0.374 e. The van der Waals surface area contributed by atoms with E-state index >= 15 is 0 Å².